The Labute approximate surface area is 105 Å². The van der Waals surface area contributed by atoms with Gasteiger partial charge < -0.3 is 15.5 Å². The van der Waals surface area contributed by atoms with E-state index in [-0.39, 0.29) is 11.5 Å². The molecule has 18 heavy (non-hydrogen) atoms. The van der Waals surface area contributed by atoms with Crippen LogP contribution in [-0.4, -0.2) is 18.1 Å². The fourth-order valence-electron chi connectivity index (χ4n) is 2.60. The Kier molecular flexibility index (Phi) is 2.41. The van der Waals surface area contributed by atoms with Crippen LogP contribution in [0, 0.1) is 0 Å². The molecule has 0 aliphatic heterocycles. The van der Waals surface area contributed by atoms with Crippen LogP contribution in [0.5, 0.6) is 0 Å². The zero-order valence-electron chi connectivity index (χ0n) is 10.3. The van der Waals surface area contributed by atoms with Gasteiger partial charge in [0, 0.05) is 22.6 Å². The van der Waals surface area contributed by atoms with E-state index in [1.807, 2.05) is 18.3 Å². The van der Waals surface area contributed by atoms with Crippen LogP contribution in [0.3, 0.4) is 0 Å². The first-order chi connectivity index (χ1) is 8.64. The monoisotopic (exact) mass is 244 g/mol. The molecule has 0 saturated heterocycles. The maximum Gasteiger partial charge on any atom is 0.337 e. The predicted octanol–water partition coefficient (Wildman–Crippen LogP) is 2.29. The molecule has 0 unspecified atom stereocenters. The largest absolute Gasteiger partial charge is 0.465 e. The molecule has 1 aliphatic carbocycles. The molecule has 0 spiro atoms. The predicted molar refractivity (Wildman–Crippen MR) is 69.4 cm³/mol. The second-order valence-corrected chi connectivity index (χ2v) is 4.96. The van der Waals surface area contributed by atoms with E-state index in [4.69, 9.17) is 10.5 Å². The molecule has 0 amide bonds. The van der Waals surface area contributed by atoms with Gasteiger partial charge in [-0.1, -0.05) is 0 Å². The summed E-state index contributed by atoms with van der Waals surface area (Å²) in [5.41, 5.74) is 8.81. The summed E-state index contributed by atoms with van der Waals surface area (Å²) in [4.78, 5) is 14.8. The van der Waals surface area contributed by atoms with Crippen LogP contribution in [0.1, 0.15) is 35.2 Å². The number of benzene rings is 1. The molecule has 1 aromatic heterocycles. The lowest BCUT2D eigenvalue weighted by Gasteiger charge is -2.38. The molecule has 0 atom stereocenters. The van der Waals surface area contributed by atoms with Crippen LogP contribution < -0.4 is 5.73 Å². The van der Waals surface area contributed by atoms with Crippen molar-refractivity contribution in [2.24, 2.45) is 5.73 Å². The van der Waals surface area contributed by atoms with Gasteiger partial charge in [-0.2, -0.15) is 0 Å². The second-order valence-electron chi connectivity index (χ2n) is 4.96. The maximum absolute atomic E-state index is 11.6. The second kappa shape index (κ2) is 3.85. The number of methoxy groups -OCH3 is 1. The van der Waals surface area contributed by atoms with Gasteiger partial charge in [0.2, 0.25) is 0 Å². The lowest BCUT2D eigenvalue weighted by molar-refractivity contribution is 0.0601. The lowest BCUT2D eigenvalue weighted by Crippen LogP contribution is -2.43. The van der Waals surface area contributed by atoms with Gasteiger partial charge in [-0.25, -0.2) is 4.79 Å². The van der Waals surface area contributed by atoms with Gasteiger partial charge in [0.15, 0.2) is 0 Å². The van der Waals surface area contributed by atoms with E-state index in [1.54, 1.807) is 6.07 Å². The molecule has 4 nitrogen and oxygen atoms in total. The zero-order chi connectivity index (χ0) is 12.8. The van der Waals surface area contributed by atoms with E-state index in [1.165, 1.54) is 13.5 Å². The minimum atomic E-state index is -0.316. The molecule has 94 valence electrons. The van der Waals surface area contributed by atoms with E-state index < -0.39 is 0 Å². The minimum absolute atomic E-state index is 0.229. The summed E-state index contributed by atoms with van der Waals surface area (Å²) in [7, 11) is 1.39. The average Bonchev–Trinajstić information content (AvgIpc) is 2.78. The molecule has 0 radical (unpaired) electrons. The standard InChI is InChI=1S/C14H16N2O2/c1-18-13(17)9-3-4-12-10(7-9)11(8-16-12)14(15)5-2-6-14/h3-4,7-8,16H,2,5-6,15H2,1H3. The number of esters is 1. The summed E-state index contributed by atoms with van der Waals surface area (Å²) in [6.07, 6.45) is 5.13. The molecular formula is C14H16N2O2. The first kappa shape index (κ1) is 11.3. The molecule has 1 aromatic carbocycles. The topological polar surface area (TPSA) is 68.1 Å². The van der Waals surface area contributed by atoms with Crippen LogP contribution in [0.15, 0.2) is 24.4 Å². The number of carbonyl (C=O) groups excluding carboxylic acids is 1. The third kappa shape index (κ3) is 1.53. The van der Waals surface area contributed by atoms with Crippen LogP contribution >= 0.6 is 0 Å². The highest BCUT2D eigenvalue weighted by molar-refractivity contribution is 5.96. The van der Waals surface area contributed by atoms with Crippen molar-refractivity contribution in [1.29, 1.82) is 0 Å². The van der Waals surface area contributed by atoms with Crippen LogP contribution in [0.4, 0.5) is 0 Å². The minimum Gasteiger partial charge on any atom is -0.465 e. The number of ether oxygens (including phenoxy) is 1. The normalized spacial score (nSPS) is 17.4. The van der Waals surface area contributed by atoms with Crippen molar-refractivity contribution in [2.75, 3.05) is 7.11 Å². The van der Waals surface area contributed by atoms with Crippen molar-refractivity contribution < 1.29 is 9.53 Å². The summed E-state index contributed by atoms with van der Waals surface area (Å²) in [6, 6.07) is 5.52. The summed E-state index contributed by atoms with van der Waals surface area (Å²) in [6.45, 7) is 0. The fourth-order valence-corrected chi connectivity index (χ4v) is 2.60. The SMILES string of the molecule is COC(=O)c1ccc2[nH]cc(C3(N)CCC3)c2c1. The summed E-state index contributed by atoms with van der Waals surface area (Å²) >= 11 is 0. The molecule has 3 rings (SSSR count). The number of aromatic amines is 1. The molecule has 1 fully saturated rings. The molecule has 1 saturated carbocycles. The number of carbonyl (C=O) groups is 1. The molecule has 4 heteroatoms. The molecule has 2 aromatic rings. The summed E-state index contributed by atoms with van der Waals surface area (Å²) < 4.78 is 4.75. The Hall–Kier alpha value is -1.81. The van der Waals surface area contributed by atoms with Crippen molar-refractivity contribution in [3.63, 3.8) is 0 Å². The van der Waals surface area contributed by atoms with Crippen molar-refractivity contribution >= 4 is 16.9 Å². The fraction of sp³-hybridized carbons (Fsp3) is 0.357. The van der Waals surface area contributed by atoms with Gasteiger partial charge in [0.05, 0.1) is 12.7 Å². The molecule has 1 aliphatic rings. The van der Waals surface area contributed by atoms with Crippen molar-refractivity contribution in [2.45, 2.75) is 24.8 Å². The Morgan fingerprint density at radius 3 is 2.83 bits per heavy atom. The molecular weight excluding hydrogens is 228 g/mol. The highest BCUT2D eigenvalue weighted by Gasteiger charge is 2.36. The lowest BCUT2D eigenvalue weighted by atomic mass is 9.72. The van der Waals surface area contributed by atoms with Gasteiger partial charge in [-0.05, 0) is 43.0 Å². The highest BCUT2D eigenvalue weighted by atomic mass is 16.5. The Morgan fingerprint density at radius 2 is 2.22 bits per heavy atom. The first-order valence-corrected chi connectivity index (χ1v) is 6.13. The number of H-pyrrole nitrogens is 1. The maximum atomic E-state index is 11.6. The highest BCUT2D eigenvalue weighted by Crippen LogP contribution is 2.41. The van der Waals surface area contributed by atoms with Crippen LogP contribution in [-0.2, 0) is 10.3 Å². The van der Waals surface area contributed by atoms with Crippen molar-refractivity contribution in [3.05, 3.63) is 35.5 Å². The number of nitrogens with two attached hydrogens (primary N) is 1. The van der Waals surface area contributed by atoms with Gasteiger partial charge in [-0.3, -0.25) is 0 Å². The molecule has 0 bridgehead atoms. The van der Waals surface area contributed by atoms with E-state index in [0.717, 1.165) is 29.3 Å². The quantitative estimate of drug-likeness (QED) is 0.796. The van der Waals surface area contributed by atoms with E-state index >= 15 is 0 Å². The van der Waals surface area contributed by atoms with Gasteiger partial charge in [0.25, 0.3) is 0 Å². The Balaban J connectivity index is 2.13. The van der Waals surface area contributed by atoms with E-state index in [2.05, 4.69) is 4.98 Å². The van der Waals surface area contributed by atoms with Crippen molar-refractivity contribution in [3.8, 4) is 0 Å². The van der Waals surface area contributed by atoms with Crippen LogP contribution in [0.25, 0.3) is 10.9 Å². The molecule has 1 heterocycles. The zero-order valence-corrected chi connectivity index (χ0v) is 10.3. The number of fused-ring (bicyclic) bond motifs is 1. The number of hydrogen-bond acceptors (Lipinski definition) is 3. The number of rotatable bonds is 2. The number of hydrogen-bond donors (Lipinski definition) is 2. The number of aromatic nitrogens is 1. The third-order valence-electron chi connectivity index (χ3n) is 3.89. The summed E-state index contributed by atoms with van der Waals surface area (Å²) in [5, 5.41) is 1.03. The van der Waals surface area contributed by atoms with Crippen molar-refractivity contribution in [1.82, 2.24) is 4.98 Å². The van der Waals surface area contributed by atoms with Gasteiger partial charge >= 0.3 is 5.97 Å². The Morgan fingerprint density at radius 1 is 1.44 bits per heavy atom. The first-order valence-electron chi connectivity index (χ1n) is 6.13. The average molecular weight is 244 g/mol. The van der Waals surface area contributed by atoms with Gasteiger partial charge in [-0.15, -0.1) is 0 Å². The molecule has 3 N–H and O–H groups in total. The Bertz CT molecular complexity index is 611. The third-order valence-corrected chi connectivity index (χ3v) is 3.89. The number of nitrogens with one attached hydrogen (secondary N) is 1. The van der Waals surface area contributed by atoms with Crippen LogP contribution in [0.2, 0.25) is 0 Å². The summed E-state index contributed by atoms with van der Waals surface area (Å²) in [5.74, 6) is -0.316. The smallest absolute Gasteiger partial charge is 0.337 e. The van der Waals surface area contributed by atoms with E-state index in [0.29, 0.717) is 5.56 Å². The van der Waals surface area contributed by atoms with E-state index in [9.17, 15) is 4.79 Å². The van der Waals surface area contributed by atoms with Gasteiger partial charge in [0.1, 0.15) is 0 Å².